The number of aryl methyl sites for hydroxylation is 2. The van der Waals surface area contributed by atoms with Gasteiger partial charge in [-0.1, -0.05) is 48.0 Å². The van der Waals surface area contributed by atoms with E-state index in [0.717, 1.165) is 22.3 Å². The molecule has 0 aliphatic rings. The van der Waals surface area contributed by atoms with Crippen molar-refractivity contribution in [2.45, 2.75) is 26.8 Å². The number of benzene rings is 2. The molecule has 0 unspecified atom stereocenters. The maximum absolute atomic E-state index is 12.2. The zero-order valence-corrected chi connectivity index (χ0v) is 11.4. The van der Waals surface area contributed by atoms with Crippen LogP contribution in [-0.4, -0.2) is 5.78 Å². The molecule has 0 saturated carbocycles. The number of nitrogens with two attached hydrogens (primary N) is 1. The van der Waals surface area contributed by atoms with Crippen molar-refractivity contribution in [1.82, 2.24) is 0 Å². The summed E-state index contributed by atoms with van der Waals surface area (Å²) in [6.07, 6.45) is 0.454. The van der Waals surface area contributed by atoms with Crippen LogP contribution in [0.15, 0.2) is 42.5 Å². The third kappa shape index (κ3) is 3.30. The monoisotopic (exact) mass is 253 g/mol. The van der Waals surface area contributed by atoms with Gasteiger partial charge in [0.2, 0.25) is 0 Å². The lowest BCUT2D eigenvalue weighted by atomic mass is 9.97. The van der Waals surface area contributed by atoms with Crippen LogP contribution < -0.4 is 5.73 Å². The third-order valence-corrected chi connectivity index (χ3v) is 3.37. The van der Waals surface area contributed by atoms with E-state index in [1.54, 1.807) is 0 Å². The summed E-state index contributed by atoms with van der Waals surface area (Å²) in [5, 5.41) is 0. The van der Waals surface area contributed by atoms with E-state index in [1.165, 1.54) is 5.56 Å². The Morgan fingerprint density at radius 3 is 2.37 bits per heavy atom. The first-order chi connectivity index (χ1) is 9.10. The molecule has 0 spiro atoms. The summed E-state index contributed by atoms with van der Waals surface area (Å²) >= 11 is 0. The molecule has 0 amide bonds. The van der Waals surface area contributed by atoms with Crippen LogP contribution in [-0.2, 0) is 13.0 Å². The average Bonchev–Trinajstić information content (AvgIpc) is 2.43. The molecular formula is C17H19NO. The van der Waals surface area contributed by atoms with Crippen molar-refractivity contribution >= 4 is 5.78 Å². The van der Waals surface area contributed by atoms with Crippen molar-refractivity contribution in [3.63, 3.8) is 0 Å². The summed E-state index contributed by atoms with van der Waals surface area (Å²) < 4.78 is 0. The summed E-state index contributed by atoms with van der Waals surface area (Å²) in [6.45, 7) is 4.59. The Labute approximate surface area is 114 Å². The maximum Gasteiger partial charge on any atom is 0.167 e. The molecule has 0 aromatic heterocycles. The molecule has 0 atom stereocenters. The van der Waals surface area contributed by atoms with Crippen molar-refractivity contribution in [1.29, 1.82) is 0 Å². The Morgan fingerprint density at radius 2 is 1.74 bits per heavy atom. The Balaban J connectivity index is 2.18. The highest BCUT2D eigenvalue weighted by molar-refractivity contribution is 5.97. The molecule has 19 heavy (non-hydrogen) atoms. The largest absolute Gasteiger partial charge is 0.326 e. The Hall–Kier alpha value is -1.93. The van der Waals surface area contributed by atoms with E-state index in [4.69, 9.17) is 5.73 Å². The molecule has 0 fully saturated rings. The second-order valence-corrected chi connectivity index (χ2v) is 4.93. The summed E-state index contributed by atoms with van der Waals surface area (Å²) in [7, 11) is 0. The van der Waals surface area contributed by atoms with Crippen molar-refractivity contribution in [3.05, 3.63) is 70.3 Å². The fourth-order valence-corrected chi connectivity index (χ4v) is 2.09. The van der Waals surface area contributed by atoms with Crippen LogP contribution in [0.1, 0.15) is 32.6 Å². The lowest BCUT2D eigenvalue weighted by Crippen LogP contribution is -2.06. The van der Waals surface area contributed by atoms with Gasteiger partial charge in [-0.05, 0) is 30.5 Å². The summed E-state index contributed by atoms with van der Waals surface area (Å²) in [6, 6.07) is 13.8. The lowest BCUT2D eigenvalue weighted by Gasteiger charge is -2.07. The second kappa shape index (κ2) is 5.81. The van der Waals surface area contributed by atoms with Crippen LogP contribution >= 0.6 is 0 Å². The first-order valence-electron chi connectivity index (χ1n) is 6.48. The fraction of sp³-hybridized carbons (Fsp3) is 0.235. The molecule has 98 valence electrons. The molecule has 0 heterocycles. The number of hydrogen-bond acceptors (Lipinski definition) is 2. The lowest BCUT2D eigenvalue weighted by molar-refractivity contribution is 0.0993. The summed E-state index contributed by atoms with van der Waals surface area (Å²) in [4.78, 5) is 12.2. The van der Waals surface area contributed by atoms with E-state index in [1.807, 2.05) is 38.1 Å². The van der Waals surface area contributed by atoms with Crippen LogP contribution in [0.5, 0.6) is 0 Å². The van der Waals surface area contributed by atoms with Gasteiger partial charge >= 0.3 is 0 Å². The van der Waals surface area contributed by atoms with Gasteiger partial charge in [0.05, 0.1) is 0 Å². The molecule has 0 radical (unpaired) electrons. The topological polar surface area (TPSA) is 43.1 Å². The van der Waals surface area contributed by atoms with Gasteiger partial charge in [0.15, 0.2) is 5.78 Å². The normalized spacial score (nSPS) is 10.5. The Bertz CT molecular complexity index is 585. The Morgan fingerprint density at radius 1 is 1.05 bits per heavy atom. The number of hydrogen-bond donors (Lipinski definition) is 1. The molecule has 0 saturated heterocycles. The smallest absolute Gasteiger partial charge is 0.167 e. The van der Waals surface area contributed by atoms with Crippen molar-refractivity contribution < 1.29 is 4.79 Å². The van der Waals surface area contributed by atoms with E-state index in [0.29, 0.717) is 13.0 Å². The summed E-state index contributed by atoms with van der Waals surface area (Å²) in [5.41, 5.74) is 10.8. The van der Waals surface area contributed by atoms with E-state index in [9.17, 15) is 4.79 Å². The van der Waals surface area contributed by atoms with E-state index in [2.05, 4.69) is 18.2 Å². The standard InChI is InChI=1S/C17H19NO/c1-12-3-4-13(2)16(9-12)10-17(19)15-7-5-14(11-18)6-8-15/h3-9H,10-11,18H2,1-2H3. The first-order valence-corrected chi connectivity index (χ1v) is 6.48. The van der Waals surface area contributed by atoms with Gasteiger partial charge in [-0.15, -0.1) is 0 Å². The van der Waals surface area contributed by atoms with Crippen LogP contribution in [0.25, 0.3) is 0 Å². The van der Waals surface area contributed by atoms with Crippen LogP contribution in [0.2, 0.25) is 0 Å². The zero-order chi connectivity index (χ0) is 13.8. The summed E-state index contributed by atoms with van der Waals surface area (Å²) in [5.74, 6) is 0.150. The van der Waals surface area contributed by atoms with Crippen LogP contribution in [0.4, 0.5) is 0 Å². The third-order valence-electron chi connectivity index (χ3n) is 3.37. The van der Waals surface area contributed by atoms with Crippen LogP contribution in [0.3, 0.4) is 0 Å². The number of carbonyl (C=O) groups is 1. The van der Waals surface area contributed by atoms with Crippen molar-refractivity contribution in [2.24, 2.45) is 5.73 Å². The van der Waals surface area contributed by atoms with Gasteiger partial charge in [0, 0.05) is 18.5 Å². The maximum atomic E-state index is 12.2. The minimum Gasteiger partial charge on any atom is -0.326 e. The molecule has 2 rings (SSSR count). The highest BCUT2D eigenvalue weighted by Gasteiger charge is 2.09. The van der Waals surface area contributed by atoms with E-state index >= 15 is 0 Å². The van der Waals surface area contributed by atoms with Gasteiger partial charge in [-0.3, -0.25) is 4.79 Å². The van der Waals surface area contributed by atoms with E-state index in [-0.39, 0.29) is 5.78 Å². The van der Waals surface area contributed by atoms with Gasteiger partial charge < -0.3 is 5.73 Å². The highest BCUT2D eigenvalue weighted by atomic mass is 16.1. The predicted octanol–water partition coefficient (Wildman–Crippen LogP) is 3.19. The minimum absolute atomic E-state index is 0.150. The van der Waals surface area contributed by atoms with Crippen molar-refractivity contribution in [3.8, 4) is 0 Å². The molecule has 2 N–H and O–H groups in total. The molecule has 2 heteroatoms. The number of Topliss-reactive ketones (excluding diaryl/α,β-unsaturated/α-hetero) is 1. The molecular weight excluding hydrogens is 234 g/mol. The molecule has 0 aliphatic heterocycles. The molecule has 0 aliphatic carbocycles. The highest BCUT2D eigenvalue weighted by Crippen LogP contribution is 2.14. The average molecular weight is 253 g/mol. The van der Waals surface area contributed by atoms with E-state index < -0.39 is 0 Å². The first kappa shape index (κ1) is 13.5. The molecule has 2 nitrogen and oxygen atoms in total. The SMILES string of the molecule is Cc1ccc(C)c(CC(=O)c2ccc(CN)cc2)c1. The number of ketones is 1. The number of rotatable bonds is 4. The van der Waals surface area contributed by atoms with Gasteiger partial charge in [-0.25, -0.2) is 0 Å². The fourth-order valence-electron chi connectivity index (χ4n) is 2.09. The molecule has 2 aromatic rings. The Kier molecular flexibility index (Phi) is 4.13. The second-order valence-electron chi connectivity index (χ2n) is 4.93. The number of carbonyl (C=O) groups excluding carboxylic acids is 1. The quantitative estimate of drug-likeness (QED) is 0.850. The molecule has 2 aromatic carbocycles. The van der Waals surface area contributed by atoms with Gasteiger partial charge in [-0.2, -0.15) is 0 Å². The zero-order valence-electron chi connectivity index (χ0n) is 11.4. The predicted molar refractivity (Wildman–Crippen MR) is 78.3 cm³/mol. The van der Waals surface area contributed by atoms with Gasteiger partial charge in [0.1, 0.15) is 0 Å². The van der Waals surface area contributed by atoms with Gasteiger partial charge in [0.25, 0.3) is 0 Å². The minimum atomic E-state index is 0.150. The van der Waals surface area contributed by atoms with Crippen molar-refractivity contribution in [2.75, 3.05) is 0 Å². The van der Waals surface area contributed by atoms with Crippen LogP contribution in [0, 0.1) is 13.8 Å². The molecule has 0 bridgehead atoms.